The SMILES string of the molecule is Cc1nc(SCc2ccccn2)[nH]c(=O)c1C. The van der Waals surface area contributed by atoms with Crippen LogP contribution in [0.2, 0.25) is 0 Å². The molecule has 0 spiro atoms. The van der Waals surface area contributed by atoms with Gasteiger partial charge in [0.1, 0.15) is 0 Å². The van der Waals surface area contributed by atoms with Crippen LogP contribution < -0.4 is 5.56 Å². The molecule has 2 rings (SSSR count). The predicted molar refractivity (Wildman–Crippen MR) is 68.1 cm³/mol. The van der Waals surface area contributed by atoms with E-state index in [1.807, 2.05) is 25.1 Å². The lowest BCUT2D eigenvalue weighted by molar-refractivity contribution is 0.883. The highest BCUT2D eigenvalue weighted by Gasteiger charge is 2.04. The third-order valence-corrected chi connectivity index (χ3v) is 3.36. The number of hydrogen-bond donors (Lipinski definition) is 1. The zero-order valence-electron chi connectivity index (χ0n) is 9.73. The fraction of sp³-hybridized carbons (Fsp3) is 0.250. The van der Waals surface area contributed by atoms with Crippen LogP contribution in [0.3, 0.4) is 0 Å². The maximum absolute atomic E-state index is 11.5. The lowest BCUT2D eigenvalue weighted by atomic mass is 10.3. The van der Waals surface area contributed by atoms with Crippen molar-refractivity contribution in [2.75, 3.05) is 0 Å². The molecule has 0 bridgehead atoms. The van der Waals surface area contributed by atoms with Crippen molar-refractivity contribution in [3.8, 4) is 0 Å². The van der Waals surface area contributed by atoms with Gasteiger partial charge in [-0.3, -0.25) is 9.78 Å². The van der Waals surface area contributed by atoms with Gasteiger partial charge in [0.25, 0.3) is 5.56 Å². The van der Waals surface area contributed by atoms with E-state index in [2.05, 4.69) is 15.0 Å². The Kier molecular flexibility index (Phi) is 3.58. The molecule has 0 radical (unpaired) electrons. The number of nitrogens with one attached hydrogen (secondary N) is 1. The Hall–Kier alpha value is -1.62. The van der Waals surface area contributed by atoms with Crippen molar-refractivity contribution < 1.29 is 0 Å². The minimum absolute atomic E-state index is 0.0685. The molecule has 0 saturated carbocycles. The fourth-order valence-corrected chi connectivity index (χ4v) is 2.14. The Balaban J connectivity index is 2.13. The molecule has 0 amide bonds. The Labute approximate surface area is 104 Å². The van der Waals surface area contributed by atoms with Gasteiger partial charge >= 0.3 is 0 Å². The summed E-state index contributed by atoms with van der Waals surface area (Å²) < 4.78 is 0. The summed E-state index contributed by atoms with van der Waals surface area (Å²) in [5.41, 5.74) is 2.35. The molecule has 0 fully saturated rings. The quantitative estimate of drug-likeness (QED) is 0.666. The molecule has 1 N–H and O–H groups in total. The first-order valence-corrected chi connectivity index (χ1v) is 6.25. The minimum Gasteiger partial charge on any atom is -0.301 e. The summed E-state index contributed by atoms with van der Waals surface area (Å²) in [4.78, 5) is 22.8. The van der Waals surface area contributed by atoms with Crippen LogP contribution in [-0.4, -0.2) is 15.0 Å². The summed E-state index contributed by atoms with van der Waals surface area (Å²) in [6.45, 7) is 3.61. The number of aromatic nitrogens is 3. The molecule has 0 aliphatic heterocycles. The highest BCUT2D eigenvalue weighted by atomic mass is 32.2. The van der Waals surface area contributed by atoms with E-state index in [9.17, 15) is 4.79 Å². The normalized spacial score (nSPS) is 10.5. The van der Waals surface area contributed by atoms with Crippen LogP contribution in [0, 0.1) is 13.8 Å². The molecule has 0 aliphatic carbocycles. The topological polar surface area (TPSA) is 58.6 Å². The van der Waals surface area contributed by atoms with Crippen molar-refractivity contribution in [1.29, 1.82) is 0 Å². The van der Waals surface area contributed by atoms with Crippen LogP contribution in [0.25, 0.3) is 0 Å². The van der Waals surface area contributed by atoms with Crippen LogP contribution in [0.1, 0.15) is 17.0 Å². The van der Waals surface area contributed by atoms with Crippen LogP contribution in [0.15, 0.2) is 34.3 Å². The third-order valence-electron chi connectivity index (χ3n) is 2.46. The van der Waals surface area contributed by atoms with Crippen LogP contribution >= 0.6 is 11.8 Å². The number of hydrogen-bond acceptors (Lipinski definition) is 4. The van der Waals surface area contributed by atoms with Crippen LogP contribution in [-0.2, 0) is 5.75 Å². The molecule has 0 aliphatic rings. The maximum Gasteiger partial charge on any atom is 0.254 e. The molecule has 0 aromatic carbocycles. The van der Waals surface area contributed by atoms with Gasteiger partial charge in [-0.15, -0.1) is 0 Å². The number of H-pyrrole nitrogens is 1. The zero-order chi connectivity index (χ0) is 12.3. The smallest absolute Gasteiger partial charge is 0.254 e. The van der Waals surface area contributed by atoms with E-state index < -0.39 is 0 Å². The lowest BCUT2D eigenvalue weighted by Gasteiger charge is -2.03. The molecule has 88 valence electrons. The second-order valence-electron chi connectivity index (χ2n) is 3.69. The van der Waals surface area contributed by atoms with Gasteiger partial charge in [-0.2, -0.15) is 0 Å². The van der Waals surface area contributed by atoms with E-state index in [1.165, 1.54) is 11.8 Å². The van der Waals surface area contributed by atoms with Gasteiger partial charge in [-0.05, 0) is 26.0 Å². The van der Waals surface area contributed by atoms with E-state index in [1.54, 1.807) is 13.1 Å². The van der Waals surface area contributed by atoms with Crippen LogP contribution in [0.5, 0.6) is 0 Å². The fourth-order valence-electron chi connectivity index (χ4n) is 1.31. The molecule has 4 nitrogen and oxygen atoms in total. The summed E-state index contributed by atoms with van der Waals surface area (Å²) >= 11 is 1.48. The van der Waals surface area contributed by atoms with Crippen molar-refractivity contribution >= 4 is 11.8 Å². The molecule has 0 saturated heterocycles. The van der Waals surface area contributed by atoms with Crippen molar-refractivity contribution in [3.63, 3.8) is 0 Å². The van der Waals surface area contributed by atoms with E-state index in [0.717, 1.165) is 11.4 Å². The number of nitrogens with zero attached hydrogens (tertiary/aromatic N) is 2. The van der Waals surface area contributed by atoms with Crippen molar-refractivity contribution in [2.45, 2.75) is 24.8 Å². The third kappa shape index (κ3) is 2.94. The Morgan fingerprint density at radius 1 is 1.35 bits per heavy atom. The summed E-state index contributed by atoms with van der Waals surface area (Å²) in [5, 5.41) is 0.642. The molecule has 2 heterocycles. The monoisotopic (exact) mass is 247 g/mol. The highest BCUT2D eigenvalue weighted by Crippen LogP contribution is 2.17. The van der Waals surface area contributed by atoms with Gasteiger partial charge in [0.05, 0.1) is 5.69 Å². The minimum atomic E-state index is -0.0685. The lowest BCUT2D eigenvalue weighted by Crippen LogP contribution is -2.14. The van der Waals surface area contributed by atoms with Gasteiger partial charge in [-0.25, -0.2) is 4.98 Å². The highest BCUT2D eigenvalue weighted by molar-refractivity contribution is 7.98. The summed E-state index contributed by atoms with van der Waals surface area (Å²) in [7, 11) is 0. The van der Waals surface area contributed by atoms with Gasteiger partial charge in [0.2, 0.25) is 0 Å². The summed E-state index contributed by atoms with van der Waals surface area (Å²) in [6, 6.07) is 5.77. The van der Waals surface area contributed by atoms with Gasteiger partial charge in [-0.1, -0.05) is 17.8 Å². The van der Waals surface area contributed by atoms with Gasteiger partial charge in [0, 0.05) is 23.2 Å². The molecule has 2 aromatic heterocycles. The van der Waals surface area contributed by atoms with E-state index in [4.69, 9.17) is 0 Å². The maximum atomic E-state index is 11.5. The number of aromatic amines is 1. The first-order chi connectivity index (χ1) is 8.16. The largest absolute Gasteiger partial charge is 0.301 e. The molecule has 2 aromatic rings. The van der Waals surface area contributed by atoms with Crippen LogP contribution in [0.4, 0.5) is 0 Å². The Bertz CT molecular complexity index is 566. The van der Waals surface area contributed by atoms with Crippen molar-refractivity contribution in [1.82, 2.24) is 15.0 Å². The van der Waals surface area contributed by atoms with Gasteiger partial charge < -0.3 is 4.98 Å². The zero-order valence-corrected chi connectivity index (χ0v) is 10.5. The average Bonchev–Trinajstić information content (AvgIpc) is 2.34. The van der Waals surface area contributed by atoms with E-state index in [-0.39, 0.29) is 5.56 Å². The first kappa shape index (κ1) is 11.9. The standard InChI is InChI=1S/C12H13N3OS/c1-8-9(2)14-12(15-11(8)16)17-7-10-5-3-4-6-13-10/h3-6H,7H2,1-2H3,(H,14,15,16). The van der Waals surface area contributed by atoms with Crippen molar-refractivity contribution in [3.05, 3.63) is 51.7 Å². The van der Waals surface area contributed by atoms with E-state index in [0.29, 0.717) is 16.5 Å². The Morgan fingerprint density at radius 3 is 2.82 bits per heavy atom. The number of thioether (sulfide) groups is 1. The van der Waals surface area contributed by atoms with Gasteiger partial charge in [0.15, 0.2) is 5.16 Å². The Morgan fingerprint density at radius 2 is 2.18 bits per heavy atom. The summed E-state index contributed by atoms with van der Waals surface area (Å²) in [6.07, 6.45) is 1.76. The molecular weight excluding hydrogens is 234 g/mol. The number of pyridine rings is 1. The second-order valence-corrected chi connectivity index (χ2v) is 4.66. The van der Waals surface area contributed by atoms with Crippen molar-refractivity contribution in [2.24, 2.45) is 0 Å². The molecule has 17 heavy (non-hydrogen) atoms. The first-order valence-electron chi connectivity index (χ1n) is 5.27. The predicted octanol–water partition coefficient (Wildman–Crippen LogP) is 2.07. The second kappa shape index (κ2) is 5.14. The number of aryl methyl sites for hydroxylation is 1. The number of rotatable bonds is 3. The van der Waals surface area contributed by atoms with E-state index >= 15 is 0 Å². The molecular formula is C12H13N3OS. The molecule has 0 unspecified atom stereocenters. The summed E-state index contributed by atoms with van der Waals surface area (Å²) in [5.74, 6) is 0.701. The average molecular weight is 247 g/mol. The molecule has 0 atom stereocenters. The molecule has 5 heteroatoms.